The molecule has 20 heavy (non-hydrogen) atoms. The minimum absolute atomic E-state index is 0.778. The predicted octanol–water partition coefficient (Wildman–Crippen LogP) is 4.70. The standard InChI is InChI=1S/C15H16BrN3S/c1-9-4-5-12(6-13(9)16)17-7-14-11(3)18-15-19(14)10(2)8-20-15/h4-6,8,17H,7H2,1-3H3. The molecule has 104 valence electrons. The van der Waals surface area contributed by atoms with Crippen LogP contribution in [0, 0.1) is 20.8 Å². The van der Waals surface area contributed by atoms with E-state index in [4.69, 9.17) is 0 Å². The number of nitrogens with zero attached hydrogens (tertiary/aromatic N) is 2. The molecule has 0 atom stereocenters. The maximum atomic E-state index is 4.61. The van der Waals surface area contributed by atoms with Crippen molar-refractivity contribution in [3.05, 3.63) is 50.7 Å². The van der Waals surface area contributed by atoms with Gasteiger partial charge in [0, 0.05) is 21.2 Å². The summed E-state index contributed by atoms with van der Waals surface area (Å²) in [5.74, 6) is 0. The molecule has 2 aromatic heterocycles. The van der Waals surface area contributed by atoms with E-state index in [9.17, 15) is 0 Å². The zero-order chi connectivity index (χ0) is 14.3. The number of rotatable bonds is 3. The second kappa shape index (κ2) is 5.22. The molecule has 0 bridgehead atoms. The number of hydrogen-bond acceptors (Lipinski definition) is 3. The molecule has 1 aromatic carbocycles. The molecule has 1 N–H and O–H groups in total. The number of anilines is 1. The molecular formula is C15H16BrN3S. The average molecular weight is 350 g/mol. The molecule has 0 aliphatic carbocycles. The van der Waals surface area contributed by atoms with Gasteiger partial charge in [0.1, 0.15) is 0 Å². The molecule has 0 radical (unpaired) electrons. The highest BCUT2D eigenvalue weighted by Gasteiger charge is 2.11. The summed E-state index contributed by atoms with van der Waals surface area (Å²) in [5.41, 5.74) is 5.93. The first-order valence-corrected chi connectivity index (χ1v) is 8.15. The van der Waals surface area contributed by atoms with E-state index >= 15 is 0 Å². The second-order valence-corrected chi connectivity index (χ2v) is 6.65. The van der Waals surface area contributed by atoms with Crippen LogP contribution in [0.4, 0.5) is 5.69 Å². The summed E-state index contributed by atoms with van der Waals surface area (Å²) in [5, 5.41) is 5.63. The predicted molar refractivity (Wildman–Crippen MR) is 88.7 cm³/mol. The average Bonchev–Trinajstić information content (AvgIpc) is 2.91. The largest absolute Gasteiger partial charge is 0.379 e. The highest BCUT2D eigenvalue weighted by molar-refractivity contribution is 9.10. The third kappa shape index (κ3) is 2.36. The summed E-state index contributed by atoms with van der Waals surface area (Å²) < 4.78 is 3.36. The second-order valence-electron chi connectivity index (χ2n) is 4.96. The maximum Gasteiger partial charge on any atom is 0.194 e. The van der Waals surface area contributed by atoms with Crippen LogP contribution in [0.2, 0.25) is 0 Å². The van der Waals surface area contributed by atoms with Crippen LogP contribution >= 0.6 is 27.3 Å². The van der Waals surface area contributed by atoms with Gasteiger partial charge in [0.2, 0.25) is 0 Å². The van der Waals surface area contributed by atoms with Crippen molar-refractivity contribution in [2.45, 2.75) is 27.3 Å². The van der Waals surface area contributed by atoms with E-state index < -0.39 is 0 Å². The first kappa shape index (κ1) is 13.6. The van der Waals surface area contributed by atoms with E-state index in [0.29, 0.717) is 0 Å². The lowest BCUT2D eigenvalue weighted by Gasteiger charge is -2.09. The molecule has 3 aromatic rings. The highest BCUT2D eigenvalue weighted by Crippen LogP contribution is 2.23. The summed E-state index contributed by atoms with van der Waals surface area (Å²) in [6.45, 7) is 7.06. The van der Waals surface area contributed by atoms with Gasteiger partial charge in [-0.25, -0.2) is 4.98 Å². The quantitative estimate of drug-likeness (QED) is 0.742. The van der Waals surface area contributed by atoms with Gasteiger partial charge in [0.15, 0.2) is 4.96 Å². The molecule has 0 fully saturated rings. The number of imidazole rings is 1. The molecule has 2 heterocycles. The maximum absolute atomic E-state index is 4.61. The van der Waals surface area contributed by atoms with Gasteiger partial charge < -0.3 is 5.32 Å². The van der Waals surface area contributed by atoms with Gasteiger partial charge in [-0.1, -0.05) is 22.0 Å². The molecular weight excluding hydrogens is 334 g/mol. The molecule has 3 rings (SSSR count). The van der Waals surface area contributed by atoms with Crippen molar-refractivity contribution in [3.8, 4) is 0 Å². The zero-order valence-corrected chi connectivity index (χ0v) is 14.1. The van der Waals surface area contributed by atoms with Gasteiger partial charge in [-0.05, 0) is 38.5 Å². The van der Waals surface area contributed by atoms with E-state index in [1.54, 1.807) is 11.3 Å². The molecule has 0 spiro atoms. The van der Waals surface area contributed by atoms with Crippen LogP contribution < -0.4 is 5.32 Å². The van der Waals surface area contributed by atoms with Crippen molar-refractivity contribution in [1.82, 2.24) is 9.38 Å². The van der Waals surface area contributed by atoms with Crippen molar-refractivity contribution in [2.75, 3.05) is 5.32 Å². The molecule has 5 heteroatoms. The monoisotopic (exact) mass is 349 g/mol. The van der Waals surface area contributed by atoms with Gasteiger partial charge >= 0.3 is 0 Å². The van der Waals surface area contributed by atoms with Crippen molar-refractivity contribution in [2.24, 2.45) is 0 Å². The third-order valence-electron chi connectivity index (χ3n) is 3.46. The summed E-state index contributed by atoms with van der Waals surface area (Å²) in [6, 6.07) is 6.33. The van der Waals surface area contributed by atoms with E-state index in [0.717, 1.165) is 27.4 Å². The van der Waals surface area contributed by atoms with Gasteiger partial charge in [0.05, 0.1) is 17.9 Å². The number of aromatic nitrogens is 2. The number of aryl methyl sites for hydroxylation is 3. The topological polar surface area (TPSA) is 29.3 Å². The smallest absolute Gasteiger partial charge is 0.194 e. The number of thiazole rings is 1. The van der Waals surface area contributed by atoms with Gasteiger partial charge in [-0.2, -0.15) is 0 Å². The Morgan fingerprint density at radius 3 is 2.85 bits per heavy atom. The lowest BCUT2D eigenvalue weighted by Crippen LogP contribution is -2.04. The molecule has 0 amide bonds. The number of fused-ring (bicyclic) bond motifs is 1. The SMILES string of the molecule is Cc1ccc(NCc2c(C)nc3scc(C)n23)cc1Br. The fourth-order valence-electron chi connectivity index (χ4n) is 2.26. The molecule has 3 nitrogen and oxygen atoms in total. The molecule has 0 unspecified atom stereocenters. The van der Waals surface area contributed by atoms with Crippen LogP contribution in [0.25, 0.3) is 4.96 Å². The summed E-state index contributed by atoms with van der Waals surface area (Å²) >= 11 is 5.26. The minimum atomic E-state index is 0.778. The lowest BCUT2D eigenvalue weighted by molar-refractivity contribution is 0.966. The summed E-state index contributed by atoms with van der Waals surface area (Å²) in [6.07, 6.45) is 0. The number of halogens is 1. The Morgan fingerprint density at radius 1 is 1.30 bits per heavy atom. The van der Waals surface area contributed by atoms with E-state index in [-0.39, 0.29) is 0 Å². The Balaban J connectivity index is 1.88. The van der Waals surface area contributed by atoms with Gasteiger partial charge in [0.25, 0.3) is 0 Å². The summed E-state index contributed by atoms with van der Waals surface area (Å²) in [4.78, 5) is 5.68. The van der Waals surface area contributed by atoms with E-state index in [2.05, 4.69) is 75.0 Å². The van der Waals surface area contributed by atoms with Crippen LogP contribution in [0.1, 0.15) is 22.6 Å². The molecule has 0 aliphatic rings. The number of benzene rings is 1. The van der Waals surface area contributed by atoms with Crippen molar-refractivity contribution < 1.29 is 0 Å². The molecule has 0 aliphatic heterocycles. The van der Waals surface area contributed by atoms with Gasteiger partial charge in [-0.3, -0.25) is 4.40 Å². The van der Waals surface area contributed by atoms with Crippen LogP contribution in [0.15, 0.2) is 28.1 Å². The van der Waals surface area contributed by atoms with Crippen LogP contribution in [-0.4, -0.2) is 9.38 Å². The van der Waals surface area contributed by atoms with Crippen molar-refractivity contribution >= 4 is 37.9 Å². The Morgan fingerprint density at radius 2 is 2.10 bits per heavy atom. The molecule has 0 saturated carbocycles. The van der Waals surface area contributed by atoms with E-state index in [1.807, 2.05) is 0 Å². The Hall–Kier alpha value is -1.33. The lowest BCUT2D eigenvalue weighted by atomic mass is 10.2. The number of nitrogens with one attached hydrogen (secondary N) is 1. The first-order chi connectivity index (χ1) is 9.56. The van der Waals surface area contributed by atoms with Crippen molar-refractivity contribution in [3.63, 3.8) is 0 Å². The van der Waals surface area contributed by atoms with E-state index in [1.165, 1.54) is 17.0 Å². The van der Waals surface area contributed by atoms with Crippen LogP contribution in [-0.2, 0) is 6.54 Å². The minimum Gasteiger partial charge on any atom is -0.379 e. The van der Waals surface area contributed by atoms with Crippen molar-refractivity contribution in [1.29, 1.82) is 0 Å². The normalized spacial score (nSPS) is 11.2. The Bertz CT molecular complexity index is 773. The Labute approximate surface area is 130 Å². The Kier molecular flexibility index (Phi) is 3.56. The third-order valence-corrected chi connectivity index (χ3v) is 5.26. The fourth-order valence-corrected chi connectivity index (χ4v) is 3.57. The van der Waals surface area contributed by atoms with Crippen LogP contribution in [0.5, 0.6) is 0 Å². The molecule has 0 saturated heterocycles. The highest BCUT2D eigenvalue weighted by atomic mass is 79.9. The summed E-state index contributed by atoms with van der Waals surface area (Å²) in [7, 11) is 0. The fraction of sp³-hybridized carbons (Fsp3) is 0.267. The van der Waals surface area contributed by atoms with Crippen LogP contribution in [0.3, 0.4) is 0 Å². The van der Waals surface area contributed by atoms with Gasteiger partial charge in [-0.15, -0.1) is 11.3 Å². The number of hydrogen-bond donors (Lipinski definition) is 1. The zero-order valence-electron chi connectivity index (χ0n) is 11.7. The first-order valence-electron chi connectivity index (χ1n) is 6.48.